The quantitative estimate of drug-likeness (QED) is 0.0387. The van der Waals surface area contributed by atoms with Crippen LogP contribution in [-0.4, -0.2) is 73.3 Å². The highest BCUT2D eigenvalue weighted by molar-refractivity contribution is 7.17. The molecule has 1 aliphatic rings. The third kappa shape index (κ3) is 27.2. The number of allylic oxidation sites excluding steroid dienone is 4. The predicted octanol–water partition coefficient (Wildman–Crippen LogP) is 13.6. The summed E-state index contributed by atoms with van der Waals surface area (Å²) in [4.78, 5) is 58.0. The zero-order valence-corrected chi connectivity index (χ0v) is 41.8. The van der Waals surface area contributed by atoms with Crippen molar-refractivity contribution in [3.8, 4) is 0 Å². The predicted molar refractivity (Wildman–Crippen MR) is 267 cm³/mol. The fraction of sp³-hybridized carbons (Fsp3) is 0.774. The van der Waals surface area contributed by atoms with E-state index in [1.807, 2.05) is 23.9 Å². The Bertz CT molecular complexity index is 1420. The molecule has 1 aromatic rings. The Balaban J connectivity index is 1.84. The molecule has 360 valence electrons. The van der Waals surface area contributed by atoms with Gasteiger partial charge in [0, 0.05) is 43.8 Å². The van der Waals surface area contributed by atoms with Crippen LogP contribution in [0.3, 0.4) is 0 Å². The second-order valence-electron chi connectivity index (χ2n) is 18.3. The van der Waals surface area contributed by atoms with Gasteiger partial charge in [0.1, 0.15) is 11.1 Å². The molecule has 63 heavy (non-hydrogen) atoms. The average Bonchev–Trinajstić information content (AvgIpc) is 3.62. The van der Waals surface area contributed by atoms with Crippen LogP contribution in [-0.2, 0) is 32.1 Å². The highest BCUT2D eigenvalue weighted by Crippen LogP contribution is 2.37. The Morgan fingerprint density at radius 2 is 1.22 bits per heavy atom. The lowest BCUT2D eigenvalue weighted by Crippen LogP contribution is -2.36. The number of thiophene rings is 1. The average molecular weight is 897 g/mol. The van der Waals surface area contributed by atoms with Crippen molar-refractivity contribution in [1.82, 2.24) is 15.1 Å². The molecule has 10 heteroatoms. The van der Waals surface area contributed by atoms with Crippen LogP contribution in [0.4, 0.5) is 5.00 Å². The molecule has 0 bridgehead atoms. The lowest BCUT2D eigenvalue weighted by atomic mass is 10.0. The molecule has 2 rings (SSSR count). The van der Waals surface area contributed by atoms with E-state index < -0.39 is 0 Å². The van der Waals surface area contributed by atoms with Gasteiger partial charge in [-0.15, -0.1) is 11.3 Å². The van der Waals surface area contributed by atoms with Crippen molar-refractivity contribution in [2.45, 2.75) is 232 Å². The molecule has 0 atom stereocenters. The molecule has 1 aliphatic heterocycles. The summed E-state index contributed by atoms with van der Waals surface area (Å²) >= 11 is 1.43. The first-order chi connectivity index (χ1) is 30.7. The van der Waals surface area contributed by atoms with E-state index in [2.05, 4.69) is 55.7 Å². The minimum Gasteiger partial charge on any atom is -0.462 e. The van der Waals surface area contributed by atoms with Crippen molar-refractivity contribution >= 4 is 40.0 Å². The summed E-state index contributed by atoms with van der Waals surface area (Å²) in [5, 5.41) is 6.74. The normalized spacial score (nSPS) is 12.8. The number of carbonyl (C=O) groups excluding carboxylic acids is 4. The Morgan fingerprint density at radius 1 is 0.683 bits per heavy atom. The second kappa shape index (κ2) is 37.3. The second-order valence-corrected chi connectivity index (χ2v) is 19.4. The maximum Gasteiger partial charge on any atom is 0.306 e. The molecule has 0 saturated heterocycles. The third-order valence-corrected chi connectivity index (χ3v) is 13.3. The van der Waals surface area contributed by atoms with E-state index in [1.54, 1.807) is 0 Å². The highest BCUT2D eigenvalue weighted by Gasteiger charge is 2.30. The van der Waals surface area contributed by atoms with Gasteiger partial charge >= 0.3 is 5.97 Å². The van der Waals surface area contributed by atoms with Gasteiger partial charge in [0.2, 0.25) is 11.8 Å². The van der Waals surface area contributed by atoms with Gasteiger partial charge in [-0.3, -0.25) is 19.2 Å². The summed E-state index contributed by atoms with van der Waals surface area (Å²) in [5.74, 6) is -0.304. The maximum absolute atomic E-state index is 13.6. The number of hydrogen-bond acceptors (Lipinski definition) is 7. The van der Waals surface area contributed by atoms with E-state index >= 15 is 0 Å². The minimum absolute atomic E-state index is 0.00452. The van der Waals surface area contributed by atoms with Crippen molar-refractivity contribution in [3.63, 3.8) is 0 Å². The number of fused-ring (bicyclic) bond motifs is 1. The number of rotatable bonds is 39. The zero-order valence-electron chi connectivity index (χ0n) is 41.0. The smallest absolute Gasteiger partial charge is 0.306 e. The van der Waals surface area contributed by atoms with E-state index in [0.29, 0.717) is 75.3 Å². The van der Waals surface area contributed by atoms with Crippen molar-refractivity contribution in [3.05, 3.63) is 40.3 Å². The first-order valence-corrected chi connectivity index (χ1v) is 26.7. The molecule has 2 N–H and O–H groups in total. The first kappa shape index (κ1) is 56.2. The largest absolute Gasteiger partial charge is 0.462 e. The van der Waals surface area contributed by atoms with Crippen LogP contribution in [0.2, 0.25) is 0 Å². The van der Waals surface area contributed by atoms with Crippen molar-refractivity contribution < 1.29 is 23.9 Å². The number of ether oxygens (including phenoxy) is 1. The topological polar surface area (TPSA) is 108 Å². The molecule has 0 aliphatic carbocycles. The summed E-state index contributed by atoms with van der Waals surface area (Å²) in [6, 6.07) is 0. The van der Waals surface area contributed by atoms with Crippen LogP contribution in [0.1, 0.15) is 234 Å². The summed E-state index contributed by atoms with van der Waals surface area (Å²) in [7, 11) is 3.94. The molecular weight excluding hydrogens is 805 g/mol. The molecule has 0 fully saturated rings. The number of anilines is 1. The zero-order chi connectivity index (χ0) is 45.8. The minimum atomic E-state index is -0.172. The number of likely N-dealkylation sites (N-methyl/N-ethyl adjacent to an activating group) is 1. The van der Waals surface area contributed by atoms with Gasteiger partial charge in [0.05, 0.1) is 12.1 Å². The summed E-state index contributed by atoms with van der Waals surface area (Å²) in [6.45, 7) is 8.90. The molecule has 2 heterocycles. The standard InChI is InChI=1S/C53H92N4O5S/c1-6-9-12-15-18-19-20-21-22-23-24-25-26-29-32-37-48(58)55-53-51(52(61)54-41-43-56(4)5)46-40-42-57(44-47(46)63-53)49(59)38-33-34-39-50(60)62-45(35-30-27-16-13-10-7-2)36-31-28-17-14-11-8-3/h18-19,21-22,45H,6-17,20,23-44H2,1-5H3,(H,54,61)(H,55,58)/b19-18-,22-21-. The van der Waals surface area contributed by atoms with Gasteiger partial charge in [0.15, 0.2) is 0 Å². The molecule has 0 unspecified atom stereocenters. The van der Waals surface area contributed by atoms with Crippen LogP contribution in [0.5, 0.6) is 0 Å². The third-order valence-electron chi connectivity index (χ3n) is 12.2. The Hall–Kier alpha value is -2.98. The Kier molecular flexibility index (Phi) is 33.2. The maximum atomic E-state index is 13.6. The van der Waals surface area contributed by atoms with E-state index in [9.17, 15) is 19.2 Å². The molecule has 0 saturated carbocycles. The summed E-state index contributed by atoms with van der Waals surface area (Å²) < 4.78 is 6.03. The van der Waals surface area contributed by atoms with Gasteiger partial charge in [0.25, 0.3) is 5.91 Å². The van der Waals surface area contributed by atoms with Crippen molar-refractivity contribution in [2.75, 3.05) is 39.0 Å². The molecule has 9 nitrogen and oxygen atoms in total. The molecule has 0 spiro atoms. The molecule has 0 radical (unpaired) electrons. The number of nitrogens with zero attached hydrogens (tertiary/aromatic N) is 2. The van der Waals surface area contributed by atoms with E-state index in [0.717, 1.165) is 74.6 Å². The van der Waals surface area contributed by atoms with E-state index in [-0.39, 0.29) is 29.8 Å². The number of nitrogens with one attached hydrogen (secondary N) is 2. The van der Waals surface area contributed by atoms with Crippen molar-refractivity contribution in [1.29, 1.82) is 0 Å². The summed E-state index contributed by atoms with van der Waals surface area (Å²) in [5.41, 5.74) is 1.50. The van der Waals surface area contributed by atoms with Gasteiger partial charge in [-0.05, 0) is 103 Å². The van der Waals surface area contributed by atoms with E-state index in [1.165, 1.54) is 108 Å². The number of carbonyl (C=O) groups is 4. The van der Waals surface area contributed by atoms with Crippen LogP contribution in [0.25, 0.3) is 0 Å². The number of amides is 3. The van der Waals surface area contributed by atoms with Crippen LogP contribution >= 0.6 is 11.3 Å². The van der Waals surface area contributed by atoms with Crippen LogP contribution < -0.4 is 10.6 Å². The fourth-order valence-corrected chi connectivity index (χ4v) is 9.50. The van der Waals surface area contributed by atoms with E-state index in [4.69, 9.17) is 4.74 Å². The monoisotopic (exact) mass is 897 g/mol. The molecule has 3 amide bonds. The van der Waals surface area contributed by atoms with Gasteiger partial charge < -0.3 is 25.2 Å². The highest BCUT2D eigenvalue weighted by atomic mass is 32.1. The van der Waals surface area contributed by atoms with Crippen molar-refractivity contribution in [2.24, 2.45) is 0 Å². The Labute approximate surface area is 389 Å². The number of esters is 1. The molecule has 0 aromatic carbocycles. The van der Waals surface area contributed by atoms with Gasteiger partial charge in [-0.25, -0.2) is 0 Å². The van der Waals surface area contributed by atoms with Gasteiger partial charge in [-0.2, -0.15) is 0 Å². The number of hydrogen-bond donors (Lipinski definition) is 2. The van der Waals surface area contributed by atoms with Crippen LogP contribution in [0, 0.1) is 0 Å². The van der Waals surface area contributed by atoms with Gasteiger partial charge in [-0.1, -0.05) is 141 Å². The summed E-state index contributed by atoms with van der Waals surface area (Å²) in [6.07, 6.45) is 41.2. The molecule has 1 aromatic heterocycles. The molecular formula is C53H92N4O5S. The first-order valence-electron chi connectivity index (χ1n) is 25.8. The SMILES string of the molecule is CCCCC/C=C\C/C=C\CCCCCCCC(=O)Nc1sc2c(c1C(=O)NCCN(C)C)CCN(C(=O)CCCCC(=O)OC(CCCCCCCC)CCCCCCCC)C2. The number of unbranched alkanes of at least 4 members (excludes halogenated alkanes) is 19. The van der Waals surface area contributed by atoms with Crippen LogP contribution in [0.15, 0.2) is 24.3 Å². The lowest BCUT2D eigenvalue weighted by Gasteiger charge is -2.27. The lowest BCUT2D eigenvalue weighted by molar-refractivity contribution is -0.150. The Morgan fingerprint density at radius 3 is 1.86 bits per heavy atom. The fourth-order valence-electron chi connectivity index (χ4n) is 8.23.